The van der Waals surface area contributed by atoms with E-state index in [1.165, 1.54) is 218 Å². The molecule has 0 aliphatic heterocycles. The van der Waals surface area contributed by atoms with Crippen LogP contribution in [-0.4, -0.2) is 37.2 Å². The fraction of sp³-hybridized carbons (Fsp3) is 0.792. The maximum absolute atomic E-state index is 12.9. The van der Waals surface area contributed by atoms with Gasteiger partial charge in [-0.1, -0.05) is 293 Å². The van der Waals surface area contributed by atoms with Gasteiger partial charge in [-0.3, -0.25) is 14.4 Å². The van der Waals surface area contributed by atoms with Crippen LogP contribution in [0.2, 0.25) is 0 Å². The third-order valence-electron chi connectivity index (χ3n) is 14.9. The van der Waals surface area contributed by atoms with Crippen molar-refractivity contribution in [1.29, 1.82) is 0 Å². The lowest BCUT2D eigenvalue weighted by Gasteiger charge is -2.18. The smallest absolute Gasteiger partial charge is 0.306 e. The van der Waals surface area contributed by atoms with Crippen LogP contribution in [0.3, 0.4) is 0 Å². The number of hydrogen-bond acceptors (Lipinski definition) is 6. The Morgan fingerprint density at radius 2 is 0.500 bits per heavy atom. The Bertz CT molecular complexity index is 1440. The molecule has 0 bridgehead atoms. The molecule has 0 heterocycles. The van der Waals surface area contributed by atoms with Crippen molar-refractivity contribution in [3.63, 3.8) is 0 Å². The van der Waals surface area contributed by atoms with E-state index in [0.29, 0.717) is 19.3 Å². The lowest BCUT2D eigenvalue weighted by atomic mass is 10.0. The molecular formula is C72H128O6. The summed E-state index contributed by atoms with van der Waals surface area (Å²) in [5.41, 5.74) is 0. The Morgan fingerprint density at radius 1 is 0.269 bits per heavy atom. The minimum Gasteiger partial charge on any atom is -0.462 e. The van der Waals surface area contributed by atoms with E-state index in [1.54, 1.807) is 0 Å². The molecule has 78 heavy (non-hydrogen) atoms. The number of carbonyl (C=O) groups is 3. The Kier molecular flexibility index (Phi) is 63.7. The van der Waals surface area contributed by atoms with Crippen LogP contribution in [0.5, 0.6) is 0 Å². The molecule has 0 aromatic heterocycles. The first kappa shape index (κ1) is 74.8. The van der Waals surface area contributed by atoms with Gasteiger partial charge in [0.05, 0.1) is 0 Å². The van der Waals surface area contributed by atoms with Crippen LogP contribution < -0.4 is 0 Å². The minimum atomic E-state index is -0.782. The summed E-state index contributed by atoms with van der Waals surface area (Å²) in [6, 6.07) is 0. The highest BCUT2D eigenvalue weighted by atomic mass is 16.6. The van der Waals surface area contributed by atoms with Crippen molar-refractivity contribution in [1.82, 2.24) is 0 Å². The van der Waals surface area contributed by atoms with E-state index in [0.717, 1.165) is 89.9 Å². The Labute approximate surface area is 484 Å². The van der Waals surface area contributed by atoms with Crippen molar-refractivity contribution in [2.75, 3.05) is 13.2 Å². The second-order valence-corrected chi connectivity index (χ2v) is 22.7. The number of ether oxygens (including phenoxy) is 3. The van der Waals surface area contributed by atoms with Gasteiger partial charge in [-0.2, -0.15) is 0 Å². The van der Waals surface area contributed by atoms with Gasteiger partial charge in [-0.25, -0.2) is 0 Å². The summed E-state index contributed by atoms with van der Waals surface area (Å²) in [7, 11) is 0. The van der Waals surface area contributed by atoms with Crippen LogP contribution in [0, 0.1) is 0 Å². The maximum Gasteiger partial charge on any atom is 0.306 e. The average molecular weight is 1090 g/mol. The molecule has 1 unspecified atom stereocenters. The Morgan fingerprint density at radius 3 is 0.795 bits per heavy atom. The van der Waals surface area contributed by atoms with Gasteiger partial charge in [-0.05, 0) is 109 Å². The molecule has 0 aliphatic carbocycles. The van der Waals surface area contributed by atoms with Crippen LogP contribution >= 0.6 is 0 Å². The number of hydrogen-bond donors (Lipinski definition) is 0. The summed E-state index contributed by atoms with van der Waals surface area (Å²) in [4.78, 5) is 38.4. The van der Waals surface area contributed by atoms with Gasteiger partial charge < -0.3 is 14.2 Å². The van der Waals surface area contributed by atoms with E-state index in [-0.39, 0.29) is 31.1 Å². The van der Waals surface area contributed by atoms with Gasteiger partial charge in [0.25, 0.3) is 0 Å². The van der Waals surface area contributed by atoms with Gasteiger partial charge in [0.15, 0.2) is 6.10 Å². The van der Waals surface area contributed by atoms with Gasteiger partial charge >= 0.3 is 17.9 Å². The first-order valence-corrected chi connectivity index (χ1v) is 33.9. The molecule has 0 aliphatic rings. The average Bonchev–Trinajstić information content (AvgIpc) is 3.44. The predicted octanol–water partition coefficient (Wildman–Crippen LogP) is 23.3. The van der Waals surface area contributed by atoms with E-state index < -0.39 is 6.10 Å². The number of unbranched alkanes of at least 4 members (excludes halogenated alkanes) is 39. The molecule has 0 N–H and O–H groups in total. The minimum absolute atomic E-state index is 0.0783. The largest absolute Gasteiger partial charge is 0.462 e. The van der Waals surface area contributed by atoms with Crippen molar-refractivity contribution in [3.05, 3.63) is 72.9 Å². The summed E-state index contributed by atoms with van der Waals surface area (Å²) in [6.45, 7) is 6.55. The lowest BCUT2D eigenvalue weighted by molar-refractivity contribution is -0.167. The van der Waals surface area contributed by atoms with Gasteiger partial charge in [0.1, 0.15) is 13.2 Å². The highest BCUT2D eigenvalue weighted by molar-refractivity contribution is 5.71. The molecule has 0 saturated carbocycles. The standard InChI is InChI=1S/C72H128O6/c1-4-7-10-13-16-19-22-25-28-30-32-34-36-38-40-42-44-47-50-53-56-59-62-65-71(74)77-68-69(67-76-70(73)64-61-58-55-52-49-46-27-24-21-18-15-12-9-6-3)78-72(75)66-63-60-57-54-51-48-45-43-41-39-37-35-33-31-29-26-23-20-17-14-11-8-5-2/h7,10,16,19,24-25,27-28,31-34,69H,4-6,8-9,11-15,17-18,20-23,26,29-30,35-68H2,1-3H3/b10-7-,19-16-,27-24-,28-25-,33-31-,34-32-. The molecule has 6 heteroatoms. The zero-order valence-corrected chi connectivity index (χ0v) is 51.9. The molecule has 0 saturated heterocycles. The van der Waals surface area contributed by atoms with Gasteiger partial charge in [0.2, 0.25) is 0 Å². The third-order valence-corrected chi connectivity index (χ3v) is 14.9. The summed E-state index contributed by atoms with van der Waals surface area (Å²) >= 11 is 0. The van der Waals surface area contributed by atoms with Crippen molar-refractivity contribution in [3.8, 4) is 0 Å². The number of esters is 3. The summed E-state index contributed by atoms with van der Waals surface area (Å²) in [5, 5.41) is 0. The molecule has 0 rings (SSSR count). The molecule has 0 amide bonds. The van der Waals surface area contributed by atoms with Crippen LogP contribution in [0.1, 0.15) is 348 Å². The molecule has 0 fully saturated rings. The van der Waals surface area contributed by atoms with Gasteiger partial charge in [0, 0.05) is 19.3 Å². The fourth-order valence-corrected chi connectivity index (χ4v) is 9.84. The van der Waals surface area contributed by atoms with E-state index in [9.17, 15) is 14.4 Å². The fourth-order valence-electron chi connectivity index (χ4n) is 9.84. The highest BCUT2D eigenvalue weighted by Crippen LogP contribution is 2.17. The Balaban J connectivity index is 4.32. The number of carbonyl (C=O) groups excluding carboxylic acids is 3. The monoisotopic (exact) mass is 1090 g/mol. The van der Waals surface area contributed by atoms with E-state index in [1.807, 2.05) is 0 Å². The Hall–Kier alpha value is -3.15. The molecule has 0 aromatic carbocycles. The molecule has 0 radical (unpaired) electrons. The van der Waals surface area contributed by atoms with Crippen LogP contribution in [0.4, 0.5) is 0 Å². The van der Waals surface area contributed by atoms with Crippen LogP contribution in [0.15, 0.2) is 72.9 Å². The second-order valence-electron chi connectivity index (χ2n) is 22.7. The van der Waals surface area contributed by atoms with Crippen molar-refractivity contribution in [2.45, 2.75) is 354 Å². The molecule has 0 spiro atoms. The van der Waals surface area contributed by atoms with E-state index >= 15 is 0 Å². The molecule has 452 valence electrons. The van der Waals surface area contributed by atoms with Crippen molar-refractivity contribution >= 4 is 17.9 Å². The predicted molar refractivity (Wildman–Crippen MR) is 339 cm³/mol. The quantitative estimate of drug-likeness (QED) is 0.0261. The summed E-state index contributed by atoms with van der Waals surface area (Å²) < 4.78 is 17.0. The number of allylic oxidation sites excluding steroid dienone is 12. The summed E-state index contributed by atoms with van der Waals surface area (Å²) in [5.74, 6) is -0.873. The summed E-state index contributed by atoms with van der Waals surface area (Å²) in [6.07, 6.45) is 86.3. The SMILES string of the molecule is CC/C=C\C/C=C\C/C=C\C/C=C\CCCCCCCCCCCCC(=O)OCC(COC(=O)CCCCCCC/C=C\CCCCCCC)OC(=O)CCCCCCCCCCCCC/C=C\CCCCCCCCCC. The normalized spacial score (nSPS) is 12.5. The van der Waals surface area contributed by atoms with E-state index in [4.69, 9.17) is 14.2 Å². The molecule has 1 atom stereocenters. The van der Waals surface area contributed by atoms with E-state index in [2.05, 4.69) is 93.7 Å². The zero-order chi connectivity index (χ0) is 56.4. The molecule has 0 aromatic rings. The third kappa shape index (κ3) is 63.7. The maximum atomic E-state index is 12.9. The zero-order valence-electron chi connectivity index (χ0n) is 51.9. The van der Waals surface area contributed by atoms with Gasteiger partial charge in [-0.15, -0.1) is 0 Å². The first-order valence-electron chi connectivity index (χ1n) is 33.9. The highest BCUT2D eigenvalue weighted by Gasteiger charge is 2.19. The van der Waals surface area contributed by atoms with Crippen molar-refractivity contribution in [2.24, 2.45) is 0 Å². The van der Waals surface area contributed by atoms with Crippen molar-refractivity contribution < 1.29 is 28.6 Å². The topological polar surface area (TPSA) is 78.9 Å². The number of rotatable bonds is 62. The molecular weight excluding hydrogens is 961 g/mol. The van der Waals surface area contributed by atoms with Crippen LogP contribution in [0.25, 0.3) is 0 Å². The molecule has 6 nitrogen and oxygen atoms in total. The van der Waals surface area contributed by atoms with Crippen LogP contribution in [-0.2, 0) is 28.6 Å². The lowest BCUT2D eigenvalue weighted by Crippen LogP contribution is -2.30. The first-order chi connectivity index (χ1) is 38.5. The second kappa shape index (κ2) is 66.4.